The number of rotatable bonds is 7. The third-order valence-electron chi connectivity index (χ3n) is 2.80. The third-order valence-corrected chi connectivity index (χ3v) is 2.80. The van der Waals surface area contributed by atoms with Crippen molar-refractivity contribution in [2.24, 2.45) is 5.73 Å². The molecule has 4 heteroatoms. The van der Waals surface area contributed by atoms with Gasteiger partial charge in [0, 0.05) is 18.8 Å². The molecule has 4 nitrogen and oxygen atoms in total. The Morgan fingerprint density at radius 2 is 2.00 bits per heavy atom. The van der Waals surface area contributed by atoms with Crippen molar-refractivity contribution in [2.45, 2.75) is 26.3 Å². The van der Waals surface area contributed by atoms with Crippen molar-refractivity contribution in [1.82, 2.24) is 0 Å². The molecule has 1 atom stereocenters. The summed E-state index contributed by atoms with van der Waals surface area (Å²) in [6, 6.07) is 9.57. The van der Waals surface area contributed by atoms with Gasteiger partial charge in [0.05, 0.1) is 6.61 Å². The Labute approximate surface area is 109 Å². The largest absolute Gasteiger partial charge is 0.465 e. The van der Waals surface area contributed by atoms with Gasteiger partial charge in [0.15, 0.2) is 0 Å². The molecule has 0 radical (unpaired) electrons. The fourth-order valence-corrected chi connectivity index (χ4v) is 1.77. The van der Waals surface area contributed by atoms with Gasteiger partial charge in [0.1, 0.15) is 6.04 Å². The maximum atomic E-state index is 11.4. The van der Waals surface area contributed by atoms with E-state index < -0.39 is 6.04 Å². The number of carbonyl (C=O) groups excluding carboxylic acids is 1. The molecule has 2 N–H and O–H groups in total. The summed E-state index contributed by atoms with van der Waals surface area (Å²) in [6.07, 6.45) is 0.599. The number of anilines is 1. The summed E-state index contributed by atoms with van der Waals surface area (Å²) in [6.45, 7) is 5.89. The highest BCUT2D eigenvalue weighted by molar-refractivity contribution is 5.75. The van der Waals surface area contributed by atoms with Crippen molar-refractivity contribution >= 4 is 11.7 Å². The maximum absolute atomic E-state index is 11.4. The summed E-state index contributed by atoms with van der Waals surface area (Å²) in [5.74, 6) is -0.318. The van der Waals surface area contributed by atoms with Gasteiger partial charge in [-0.2, -0.15) is 0 Å². The van der Waals surface area contributed by atoms with Crippen molar-refractivity contribution in [2.75, 3.05) is 24.6 Å². The average molecular weight is 250 g/mol. The van der Waals surface area contributed by atoms with E-state index in [2.05, 4.69) is 24.0 Å². The summed E-state index contributed by atoms with van der Waals surface area (Å²) < 4.78 is 4.89. The van der Waals surface area contributed by atoms with Crippen molar-refractivity contribution in [3.8, 4) is 0 Å². The van der Waals surface area contributed by atoms with E-state index in [9.17, 15) is 4.79 Å². The van der Waals surface area contributed by atoms with Crippen LogP contribution in [0.1, 0.15) is 20.3 Å². The van der Waals surface area contributed by atoms with Crippen LogP contribution >= 0.6 is 0 Å². The Balaban J connectivity index is 2.48. The number of hydrogen-bond donors (Lipinski definition) is 1. The summed E-state index contributed by atoms with van der Waals surface area (Å²) >= 11 is 0. The quantitative estimate of drug-likeness (QED) is 0.750. The lowest BCUT2D eigenvalue weighted by Gasteiger charge is -2.24. The lowest BCUT2D eigenvalue weighted by Crippen LogP contribution is -2.36. The fourth-order valence-electron chi connectivity index (χ4n) is 1.77. The number of hydrogen-bond acceptors (Lipinski definition) is 4. The van der Waals surface area contributed by atoms with E-state index in [0.29, 0.717) is 13.0 Å². The van der Waals surface area contributed by atoms with Gasteiger partial charge in [0.25, 0.3) is 0 Å². The monoisotopic (exact) mass is 250 g/mol. The summed E-state index contributed by atoms with van der Waals surface area (Å²) in [7, 11) is 0. The number of para-hydroxylation sites is 1. The highest BCUT2D eigenvalue weighted by atomic mass is 16.5. The van der Waals surface area contributed by atoms with Crippen LogP contribution in [0.25, 0.3) is 0 Å². The topological polar surface area (TPSA) is 55.6 Å². The van der Waals surface area contributed by atoms with Crippen LogP contribution in [0.15, 0.2) is 30.3 Å². The van der Waals surface area contributed by atoms with Gasteiger partial charge in [-0.3, -0.25) is 4.79 Å². The lowest BCUT2D eigenvalue weighted by molar-refractivity contribution is -0.144. The molecular weight excluding hydrogens is 228 g/mol. The first-order valence-corrected chi connectivity index (χ1v) is 6.41. The molecule has 0 heterocycles. The highest BCUT2D eigenvalue weighted by Crippen LogP contribution is 2.13. The van der Waals surface area contributed by atoms with Crippen molar-refractivity contribution in [3.05, 3.63) is 30.3 Å². The molecule has 0 amide bonds. The molecule has 0 spiro atoms. The molecule has 100 valence electrons. The number of nitrogens with two attached hydrogens (primary N) is 1. The SMILES string of the molecule is CCOC(=O)C(N)CCN(CC)c1ccccc1. The predicted octanol–water partition coefficient (Wildman–Crippen LogP) is 1.79. The number of carbonyl (C=O) groups is 1. The van der Waals surface area contributed by atoms with E-state index in [0.717, 1.165) is 18.8 Å². The van der Waals surface area contributed by atoms with E-state index in [4.69, 9.17) is 10.5 Å². The van der Waals surface area contributed by atoms with Gasteiger partial charge in [0.2, 0.25) is 0 Å². The molecule has 0 saturated carbocycles. The molecule has 1 rings (SSSR count). The van der Waals surface area contributed by atoms with Crippen LogP contribution in [0.3, 0.4) is 0 Å². The van der Waals surface area contributed by atoms with Gasteiger partial charge in [-0.1, -0.05) is 18.2 Å². The minimum Gasteiger partial charge on any atom is -0.465 e. The Kier molecular flexibility index (Phi) is 6.22. The van der Waals surface area contributed by atoms with Gasteiger partial charge < -0.3 is 15.4 Å². The van der Waals surface area contributed by atoms with Crippen LogP contribution in [0.4, 0.5) is 5.69 Å². The molecule has 1 unspecified atom stereocenters. The van der Waals surface area contributed by atoms with E-state index >= 15 is 0 Å². The lowest BCUT2D eigenvalue weighted by atomic mass is 10.2. The highest BCUT2D eigenvalue weighted by Gasteiger charge is 2.15. The first-order chi connectivity index (χ1) is 8.69. The smallest absolute Gasteiger partial charge is 0.322 e. The number of esters is 1. The van der Waals surface area contributed by atoms with E-state index in [1.165, 1.54) is 0 Å². The fraction of sp³-hybridized carbons (Fsp3) is 0.500. The maximum Gasteiger partial charge on any atom is 0.322 e. The van der Waals surface area contributed by atoms with Gasteiger partial charge in [-0.05, 0) is 32.4 Å². The molecule has 0 aliphatic heterocycles. The molecule has 1 aromatic carbocycles. The summed E-state index contributed by atoms with van der Waals surface area (Å²) in [5.41, 5.74) is 6.93. The Morgan fingerprint density at radius 3 is 2.56 bits per heavy atom. The minimum atomic E-state index is -0.539. The molecule has 0 aliphatic rings. The van der Waals surface area contributed by atoms with Crippen LogP contribution in [0, 0.1) is 0 Å². The number of nitrogens with zero attached hydrogens (tertiary/aromatic N) is 1. The van der Waals surface area contributed by atoms with Crippen LogP contribution in [0.2, 0.25) is 0 Å². The Hall–Kier alpha value is -1.55. The zero-order valence-electron chi connectivity index (χ0n) is 11.1. The molecule has 0 saturated heterocycles. The van der Waals surface area contributed by atoms with Crippen LogP contribution in [-0.2, 0) is 9.53 Å². The van der Waals surface area contributed by atoms with Gasteiger partial charge in [-0.25, -0.2) is 0 Å². The van der Waals surface area contributed by atoms with Crippen LogP contribution < -0.4 is 10.6 Å². The summed E-state index contributed by atoms with van der Waals surface area (Å²) in [5, 5.41) is 0. The zero-order chi connectivity index (χ0) is 13.4. The third kappa shape index (κ3) is 4.37. The predicted molar refractivity (Wildman–Crippen MR) is 73.6 cm³/mol. The molecule has 0 aliphatic carbocycles. The first kappa shape index (κ1) is 14.5. The number of ether oxygens (including phenoxy) is 1. The van der Waals surface area contributed by atoms with Crippen molar-refractivity contribution in [1.29, 1.82) is 0 Å². The van der Waals surface area contributed by atoms with Crippen molar-refractivity contribution in [3.63, 3.8) is 0 Å². The second kappa shape index (κ2) is 7.71. The van der Waals surface area contributed by atoms with Crippen molar-refractivity contribution < 1.29 is 9.53 Å². The van der Waals surface area contributed by atoms with E-state index in [-0.39, 0.29) is 5.97 Å². The van der Waals surface area contributed by atoms with E-state index in [1.54, 1.807) is 6.92 Å². The van der Waals surface area contributed by atoms with Gasteiger partial charge >= 0.3 is 5.97 Å². The number of benzene rings is 1. The Morgan fingerprint density at radius 1 is 1.33 bits per heavy atom. The molecule has 1 aromatic rings. The zero-order valence-corrected chi connectivity index (χ0v) is 11.1. The standard InChI is InChI=1S/C14H22N2O2/c1-3-16(12-8-6-5-7-9-12)11-10-13(15)14(17)18-4-2/h5-9,13H,3-4,10-11,15H2,1-2H3. The summed E-state index contributed by atoms with van der Waals surface area (Å²) in [4.78, 5) is 13.6. The second-order valence-corrected chi connectivity index (χ2v) is 4.06. The van der Waals surface area contributed by atoms with Crippen LogP contribution in [-0.4, -0.2) is 31.7 Å². The molecule has 0 aromatic heterocycles. The minimum absolute atomic E-state index is 0.318. The average Bonchev–Trinajstić information content (AvgIpc) is 2.40. The Bertz CT molecular complexity index is 354. The molecular formula is C14H22N2O2. The molecule has 18 heavy (non-hydrogen) atoms. The second-order valence-electron chi connectivity index (χ2n) is 4.06. The van der Waals surface area contributed by atoms with E-state index in [1.807, 2.05) is 18.2 Å². The van der Waals surface area contributed by atoms with Crippen LogP contribution in [0.5, 0.6) is 0 Å². The molecule has 0 fully saturated rings. The normalized spacial score (nSPS) is 11.9. The first-order valence-electron chi connectivity index (χ1n) is 6.41. The molecule has 0 bridgehead atoms. The van der Waals surface area contributed by atoms with Gasteiger partial charge in [-0.15, -0.1) is 0 Å².